The van der Waals surface area contributed by atoms with Crippen LogP contribution in [0.4, 0.5) is 13.2 Å². The molecule has 1 aliphatic rings. The van der Waals surface area contributed by atoms with Crippen LogP contribution in [0.3, 0.4) is 0 Å². The van der Waals surface area contributed by atoms with Gasteiger partial charge in [-0.05, 0) is 109 Å². The second-order valence-electron chi connectivity index (χ2n) is 22.3. The van der Waals surface area contributed by atoms with Crippen LogP contribution < -0.4 is 87.2 Å². The molecule has 0 spiro atoms. The van der Waals surface area contributed by atoms with Crippen molar-refractivity contribution < 1.29 is 86.0 Å². The number of carboxylic acid groups (broad SMARTS) is 1. The third-order valence-corrected chi connectivity index (χ3v) is 14.0. The SMILES string of the molecule is CCCCCCCC(=O)N[C@@H](CCN)C(=O)N[C@H](C(=O)N[C@@H](CCN)C(=O)N[C@H]1CCNC(=O)[C@H]([C@@H](C)O)NC(=O)[C@H](CCN)NC(=O)[C@H](CCN)NC(=O)[C@H](CC(C)C)NC(=O)[C@@H](Cc2ccccc2)NC(=O)[C@H](CCN)NC1=O)[C@@H](C)O.O=C(O)C(F)(F)F. The van der Waals surface area contributed by atoms with Crippen molar-refractivity contribution in [1.29, 1.82) is 0 Å². The first kappa shape index (κ1) is 81.4. The summed E-state index contributed by atoms with van der Waals surface area (Å²) in [6.45, 7) is 6.87. The van der Waals surface area contributed by atoms with Crippen LogP contribution in [0.2, 0.25) is 0 Å². The van der Waals surface area contributed by atoms with Crippen molar-refractivity contribution in [1.82, 2.24) is 58.5 Å². The van der Waals surface area contributed by atoms with Gasteiger partial charge in [0.05, 0.1) is 12.2 Å². The average molecular weight is 1300 g/mol. The van der Waals surface area contributed by atoms with Gasteiger partial charge in [-0.15, -0.1) is 0 Å². The summed E-state index contributed by atoms with van der Waals surface area (Å²) < 4.78 is 31.7. The largest absolute Gasteiger partial charge is 0.490 e. The molecule has 0 aromatic heterocycles. The molecule has 1 saturated heterocycles. The van der Waals surface area contributed by atoms with Crippen LogP contribution in [-0.4, -0.2) is 204 Å². The number of aliphatic hydroxyl groups excluding tert-OH is 2. The number of alkyl halides is 3. The number of carbonyl (C=O) groups is 12. The number of carbonyl (C=O) groups excluding carboxylic acids is 11. The number of rotatable bonds is 29. The first-order valence-electron chi connectivity index (χ1n) is 30.4. The van der Waals surface area contributed by atoms with E-state index in [2.05, 4.69) is 65.4 Å². The number of hydrogen-bond acceptors (Lipinski definition) is 19. The van der Waals surface area contributed by atoms with Crippen molar-refractivity contribution in [3.63, 3.8) is 0 Å². The maximum absolute atomic E-state index is 14.5. The highest BCUT2D eigenvalue weighted by Crippen LogP contribution is 2.14. The van der Waals surface area contributed by atoms with Crippen LogP contribution >= 0.6 is 0 Å². The quantitative estimate of drug-likeness (QED) is 0.0335. The molecule has 0 aliphatic carbocycles. The molecule has 34 heteroatoms. The molecule has 2 rings (SSSR count). The zero-order chi connectivity index (χ0) is 69.0. The van der Waals surface area contributed by atoms with Gasteiger partial charge < -0.3 is 102 Å². The monoisotopic (exact) mass is 1300 g/mol. The number of amides is 11. The van der Waals surface area contributed by atoms with Gasteiger partial charge >= 0.3 is 12.1 Å². The molecule has 0 saturated carbocycles. The summed E-state index contributed by atoms with van der Waals surface area (Å²) in [6.07, 6.45) is -5.05. The smallest absolute Gasteiger partial charge is 0.475 e. The lowest BCUT2D eigenvalue weighted by atomic mass is 10.00. The van der Waals surface area contributed by atoms with Crippen molar-refractivity contribution in [2.45, 2.75) is 203 Å². The average Bonchev–Trinajstić information content (AvgIpc) is 2.19. The molecule has 24 N–H and O–H groups in total. The van der Waals surface area contributed by atoms with Gasteiger partial charge in [0.15, 0.2) is 0 Å². The third-order valence-electron chi connectivity index (χ3n) is 14.0. The van der Waals surface area contributed by atoms with E-state index in [1.165, 1.54) is 13.8 Å². The molecular weight excluding hydrogens is 1210 g/mol. The Morgan fingerprint density at radius 2 is 1.04 bits per heavy atom. The number of hydrogen-bond donors (Lipinski definition) is 19. The zero-order valence-electron chi connectivity index (χ0n) is 52.3. The number of nitrogens with one attached hydrogen (secondary N) is 11. The summed E-state index contributed by atoms with van der Waals surface area (Å²) >= 11 is 0. The highest BCUT2D eigenvalue weighted by Gasteiger charge is 2.39. The van der Waals surface area contributed by atoms with Gasteiger partial charge in [-0.25, -0.2) is 4.79 Å². The fourth-order valence-corrected chi connectivity index (χ4v) is 9.03. The van der Waals surface area contributed by atoms with Gasteiger partial charge in [-0.1, -0.05) is 76.8 Å². The lowest BCUT2D eigenvalue weighted by Crippen LogP contribution is -2.62. The first-order valence-corrected chi connectivity index (χ1v) is 30.4. The topological polar surface area (TPSA) is 528 Å². The molecule has 0 radical (unpaired) electrons. The molecule has 516 valence electrons. The van der Waals surface area contributed by atoms with Gasteiger partial charge in [0.25, 0.3) is 0 Å². The Labute approximate surface area is 527 Å². The minimum absolute atomic E-state index is 0.0143. The predicted octanol–water partition coefficient (Wildman–Crippen LogP) is -4.86. The summed E-state index contributed by atoms with van der Waals surface area (Å²) in [5.41, 5.74) is 29.9. The number of aliphatic hydroxyl groups is 2. The number of benzene rings is 1. The molecule has 1 aliphatic heterocycles. The first-order chi connectivity index (χ1) is 42.9. The summed E-state index contributed by atoms with van der Waals surface area (Å²) in [5, 5.41) is 56.7. The minimum Gasteiger partial charge on any atom is -0.475 e. The molecule has 1 aromatic rings. The second-order valence-corrected chi connectivity index (χ2v) is 22.3. The Balaban J connectivity index is 0.00000556. The van der Waals surface area contributed by atoms with Gasteiger partial charge in [0.1, 0.15) is 60.4 Å². The van der Waals surface area contributed by atoms with Crippen LogP contribution in [0.5, 0.6) is 0 Å². The third kappa shape index (κ3) is 31.3. The minimum atomic E-state index is -5.08. The molecular formula is C57H97F3N16O15. The molecule has 1 aromatic carbocycles. The standard InChI is InChI=1S/C55H96N16O13.C2HF3O2/c1-6-7-8-9-13-16-43(74)62-35(17-23-56)50(79)71-45(33(5)73)55(84)67-38(20-26-59)47(76)66-40-22-28-61-54(83)44(32(4)72)70-51(80)39(21-27-60)64-46(75)36(18-24-57)65-52(81)41(29-31(2)3)68-53(82)42(30-34-14-11-10-12-15-34)69-48(77)37(19-25-58)63-49(40)78;3-2(4,5)1(6)7/h10-12,14-15,31-33,35-42,44-45,72-73H,6-9,13,16-30,56-60H2,1-5H3,(H,61,83)(H,62,74)(H,63,78)(H,64,75)(H,65,81)(H,66,76)(H,67,84)(H,68,82)(H,69,77)(H,70,80)(H,71,79);(H,6,7)/t32-,33-,35+,36+,37+,38+,39+,40+,41+,42-,44+,45+;/m1./s1. The number of aliphatic carboxylic acids is 1. The summed E-state index contributed by atoms with van der Waals surface area (Å²) in [7, 11) is 0. The van der Waals surface area contributed by atoms with Crippen LogP contribution in [0, 0.1) is 5.92 Å². The fourth-order valence-electron chi connectivity index (χ4n) is 9.03. The molecule has 0 unspecified atom stereocenters. The number of halogens is 3. The second kappa shape index (κ2) is 43.2. The van der Waals surface area contributed by atoms with Crippen molar-refractivity contribution >= 4 is 70.9 Å². The zero-order valence-corrected chi connectivity index (χ0v) is 52.3. The van der Waals surface area contributed by atoms with E-state index in [0.29, 0.717) is 12.0 Å². The van der Waals surface area contributed by atoms with Crippen molar-refractivity contribution in [2.75, 3.05) is 39.3 Å². The van der Waals surface area contributed by atoms with E-state index < -0.39 is 163 Å². The van der Waals surface area contributed by atoms with E-state index in [1.54, 1.807) is 44.2 Å². The van der Waals surface area contributed by atoms with E-state index in [0.717, 1.165) is 25.7 Å². The molecule has 1 fully saturated rings. The van der Waals surface area contributed by atoms with Gasteiger partial charge in [0.2, 0.25) is 65.0 Å². The summed E-state index contributed by atoms with van der Waals surface area (Å²) in [5.74, 6) is -12.7. The Bertz CT molecular complexity index is 2500. The maximum Gasteiger partial charge on any atom is 0.490 e. The highest BCUT2D eigenvalue weighted by molar-refractivity contribution is 5.99. The summed E-state index contributed by atoms with van der Waals surface area (Å²) in [6, 6.07) is -6.22. The summed E-state index contributed by atoms with van der Waals surface area (Å²) in [4.78, 5) is 162. The van der Waals surface area contributed by atoms with E-state index in [4.69, 9.17) is 38.6 Å². The van der Waals surface area contributed by atoms with Crippen LogP contribution in [0.15, 0.2) is 30.3 Å². The van der Waals surface area contributed by atoms with E-state index in [9.17, 15) is 76.1 Å². The molecule has 1 heterocycles. The Morgan fingerprint density at radius 3 is 1.52 bits per heavy atom. The van der Waals surface area contributed by atoms with Crippen molar-refractivity contribution in [2.24, 2.45) is 34.6 Å². The number of nitrogens with two attached hydrogens (primary N) is 5. The highest BCUT2D eigenvalue weighted by atomic mass is 19.4. The normalized spacial score (nSPS) is 21.8. The lowest BCUT2D eigenvalue weighted by Gasteiger charge is -2.29. The van der Waals surface area contributed by atoms with Gasteiger partial charge in [-0.2, -0.15) is 13.2 Å². The van der Waals surface area contributed by atoms with E-state index in [1.807, 2.05) is 0 Å². The van der Waals surface area contributed by atoms with Crippen LogP contribution in [0.1, 0.15) is 124 Å². The Morgan fingerprint density at radius 1 is 0.582 bits per heavy atom. The van der Waals surface area contributed by atoms with E-state index in [-0.39, 0.29) is 90.0 Å². The van der Waals surface area contributed by atoms with Crippen molar-refractivity contribution in [3.8, 4) is 0 Å². The maximum atomic E-state index is 14.5. The van der Waals surface area contributed by atoms with Gasteiger partial charge in [-0.3, -0.25) is 52.7 Å². The Hall–Kier alpha value is -7.63. The molecule has 91 heavy (non-hydrogen) atoms. The van der Waals surface area contributed by atoms with Crippen molar-refractivity contribution in [3.05, 3.63) is 35.9 Å². The lowest BCUT2D eigenvalue weighted by molar-refractivity contribution is -0.192. The van der Waals surface area contributed by atoms with Crippen LogP contribution in [0.25, 0.3) is 0 Å². The van der Waals surface area contributed by atoms with Gasteiger partial charge in [0, 0.05) is 19.4 Å². The predicted molar refractivity (Wildman–Crippen MR) is 325 cm³/mol. The fraction of sp³-hybridized carbons (Fsp3) is 0.684. The van der Waals surface area contributed by atoms with Crippen LogP contribution in [-0.2, 0) is 64.0 Å². The number of carboxylic acids is 1. The molecule has 0 bridgehead atoms. The molecule has 12 atom stereocenters. The number of unbranched alkanes of at least 4 members (excludes halogenated alkanes) is 4. The van der Waals surface area contributed by atoms with E-state index >= 15 is 0 Å². The molecule has 31 nitrogen and oxygen atoms in total. The molecule has 11 amide bonds. The Kier molecular flexibility index (Phi) is 38.6.